The number of pyridine rings is 1. The third-order valence-electron chi connectivity index (χ3n) is 5.24. The highest BCUT2D eigenvalue weighted by Gasteiger charge is 2.31. The van der Waals surface area contributed by atoms with Crippen molar-refractivity contribution in [2.75, 3.05) is 13.1 Å². The molecule has 1 fully saturated rings. The molecule has 0 N–H and O–H groups in total. The normalized spacial score (nSPS) is 16.9. The highest BCUT2D eigenvalue weighted by molar-refractivity contribution is 5.96. The molecule has 140 valence electrons. The molecule has 3 aromatic rings. The monoisotopic (exact) mass is 365 g/mol. The van der Waals surface area contributed by atoms with Crippen molar-refractivity contribution in [2.45, 2.75) is 33.7 Å². The van der Waals surface area contributed by atoms with Gasteiger partial charge in [0.15, 0.2) is 0 Å². The number of hydrogen-bond acceptors (Lipinski definition) is 5. The Morgan fingerprint density at radius 1 is 1.30 bits per heavy atom. The van der Waals surface area contributed by atoms with E-state index in [2.05, 4.69) is 26.6 Å². The first-order chi connectivity index (χ1) is 13.0. The quantitative estimate of drug-likeness (QED) is 0.710. The van der Waals surface area contributed by atoms with Crippen LogP contribution in [0.4, 0.5) is 0 Å². The van der Waals surface area contributed by atoms with Gasteiger partial charge in [-0.1, -0.05) is 5.16 Å². The van der Waals surface area contributed by atoms with E-state index in [1.165, 1.54) is 0 Å². The van der Waals surface area contributed by atoms with E-state index >= 15 is 0 Å². The van der Waals surface area contributed by atoms with E-state index in [9.17, 15) is 4.79 Å². The van der Waals surface area contributed by atoms with E-state index < -0.39 is 0 Å². The fourth-order valence-corrected chi connectivity index (χ4v) is 3.79. The first-order valence-electron chi connectivity index (χ1n) is 9.19. The van der Waals surface area contributed by atoms with Gasteiger partial charge in [0, 0.05) is 49.5 Å². The van der Waals surface area contributed by atoms with Crippen molar-refractivity contribution < 1.29 is 9.32 Å². The molecule has 1 unspecified atom stereocenters. The van der Waals surface area contributed by atoms with Gasteiger partial charge in [-0.25, -0.2) is 4.98 Å². The smallest absolute Gasteiger partial charge is 0.259 e. The van der Waals surface area contributed by atoms with Gasteiger partial charge in [0.25, 0.3) is 5.91 Å². The molecule has 7 heteroatoms. The van der Waals surface area contributed by atoms with Crippen molar-refractivity contribution in [1.29, 1.82) is 0 Å². The Kier molecular flexibility index (Phi) is 4.51. The van der Waals surface area contributed by atoms with Crippen molar-refractivity contribution in [3.63, 3.8) is 0 Å². The van der Waals surface area contributed by atoms with Crippen LogP contribution >= 0.6 is 0 Å². The summed E-state index contributed by atoms with van der Waals surface area (Å²) in [5, 5.41) is 3.90. The molecule has 0 spiro atoms. The van der Waals surface area contributed by atoms with E-state index in [4.69, 9.17) is 4.52 Å². The highest BCUT2D eigenvalue weighted by atomic mass is 16.5. The van der Waals surface area contributed by atoms with Crippen LogP contribution in [0.15, 0.2) is 35.2 Å². The highest BCUT2D eigenvalue weighted by Crippen LogP contribution is 2.26. The summed E-state index contributed by atoms with van der Waals surface area (Å²) in [5.41, 5.74) is 3.38. The van der Waals surface area contributed by atoms with E-state index in [1.54, 1.807) is 13.1 Å². The number of imidazole rings is 1. The number of aromatic nitrogens is 4. The van der Waals surface area contributed by atoms with Crippen molar-refractivity contribution in [1.82, 2.24) is 24.6 Å². The van der Waals surface area contributed by atoms with Crippen LogP contribution in [-0.4, -0.2) is 43.6 Å². The molecule has 1 saturated heterocycles. The third kappa shape index (κ3) is 3.25. The van der Waals surface area contributed by atoms with E-state index in [-0.39, 0.29) is 5.91 Å². The lowest BCUT2D eigenvalue weighted by molar-refractivity contribution is 0.0783. The Labute approximate surface area is 158 Å². The van der Waals surface area contributed by atoms with Crippen molar-refractivity contribution >= 4 is 5.91 Å². The Balaban J connectivity index is 1.50. The summed E-state index contributed by atoms with van der Waals surface area (Å²) in [4.78, 5) is 23.5. The molecule has 0 aromatic carbocycles. The van der Waals surface area contributed by atoms with Gasteiger partial charge in [-0.15, -0.1) is 0 Å². The lowest BCUT2D eigenvalue weighted by atomic mass is 10.1. The van der Waals surface area contributed by atoms with Gasteiger partial charge in [0.1, 0.15) is 17.1 Å². The third-order valence-corrected chi connectivity index (χ3v) is 5.24. The second kappa shape index (κ2) is 6.98. The van der Waals surface area contributed by atoms with Gasteiger partial charge >= 0.3 is 0 Å². The molecule has 3 aromatic heterocycles. The van der Waals surface area contributed by atoms with Crippen molar-refractivity contribution in [2.24, 2.45) is 5.92 Å². The molecule has 7 nitrogen and oxygen atoms in total. The maximum atomic E-state index is 12.9. The molecule has 0 aliphatic carbocycles. The zero-order valence-corrected chi connectivity index (χ0v) is 15.8. The number of rotatable bonds is 4. The van der Waals surface area contributed by atoms with Crippen LogP contribution in [0.1, 0.15) is 33.9 Å². The predicted molar refractivity (Wildman–Crippen MR) is 100 cm³/mol. The van der Waals surface area contributed by atoms with Crippen LogP contribution in [0.3, 0.4) is 0 Å². The zero-order valence-electron chi connectivity index (χ0n) is 15.8. The molecule has 27 heavy (non-hydrogen) atoms. The van der Waals surface area contributed by atoms with Gasteiger partial charge in [-0.2, -0.15) is 0 Å². The molecule has 4 heterocycles. The van der Waals surface area contributed by atoms with Crippen LogP contribution in [0.25, 0.3) is 11.4 Å². The van der Waals surface area contributed by atoms with E-state index in [0.717, 1.165) is 43.1 Å². The van der Waals surface area contributed by atoms with Crippen LogP contribution in [0.2, 0.25) is 0 Å². The molecular formula is C20H23N5O2. The Morgan fingerprint density at radius 3 is 2.85 bits per heavy atom. The molecule has 0 saturated carbocycles. The topological polar surface area (TPSA) is 77.0 Å². The maximum Gasteiger partial charge on any atom is 0.259 e. The first-order valence-corrected chi connectivity index (χ1v) is 9.19. The van der Waals surface area contributed by atoms with Gasteiger partial charge in [-0.3, -0.25) is 9.78 Å². The van der Waals surface area contributed by atoms with Crippen LogP contribution in [0, 0.1) is 26.7 Å². The van der Waals surface area contributed by atoms with Gasteiger partial charge in [-0.05, 0) is 45.2 Å². The standard InChI is InChI=1S/C20H23N5O2/c1-13-9-22-19(17-5-4-7-21-10-17)25(13)12-16-6-8-24(11-16)20(26)18-14(2)23-27-15(18)3/h4-5,7,9-10,16H,6,8,11-12H2,1-3H3. The number of carbonyl (C=O) groups is 1. The molecule has 4 rings (SSSR count). The minimum atomic E-state index is 0.0172. The number of likely N-dealkylation sites (tertiary alicyclic amines) is 1. The minimum Gasteiger partial charge on any atom is -0.361 e. The average molecular weight is 365 g/mol. The van der Waals surface area contributed by atoms with E-state index in [1.807, 2.05) is 36.4 Å². The fourth-order valence-electron chi connectivity index (χ4n) is 3.79. The Hall–Kier alpha value is -2.96. The van der Waals surface area contributed by atoms with Crippen LogP contribution in [0.5, 0.6) is 0 Å². The SMILES string of the molecule is Cc1noc(C)c1C(=O)N1CCC(Cn2c(C)cnc2-c2cccnc2)C1. The molecule has 1 aliphatic heterocycles. The zero-order chi connectivity index (χ0) is 19.0. The number of carbonyl (C=O) groups excluding carboxylic acids is 1. The minimum absolute atomic E-state index is 0.0172. The lowest BCUT2D eigenvalue weighted by Crippen LogP contribution is -2.30. The van der Waals surface area contributed by atoms with Crippen LogP contribution < -0.4 is 0 Å². The predicted octanol–water partition coefficient (Wildman–Crippen LogP) is 3.02. The number of aryl methyl sites for hydroxylation is 3. The van der Waals surface area contributed by atoms with Gasteiger partial charge in [0.2, 0.25) is 0 Å². The summed E-state index contributed by atoms with van der Waals surface area (Å²) in [5.74, 6) is 1.92. The Bertz CT molecular complexity index is 941. The summed E-state index contributed by atoms with van der Waals surface area (Å²) >= 11 is 0. The molecule has 1 atom stereocenters. The summed E-state index contributed by atoms with van der Waals surface area (Å²) in [6, 6.07) is 3.94. The maximum absolute atomic E-state index is 12.9. The number of amides is 1. The lowest BCUT2D eigenvalue weighted by Gasteiger charge is -2.18. The summed E-state index contributed by atoms with van der Waals surface area (Å²) in [6.45, 7) is 7.98. The summed E-state index contributed by atoms with van der Waals surface area (Å²) in [6.07, 6.45) is 6.46. The largest absolute Gasteiger partial charge is 0.361 e. The van der Waals surface area contributed by atoms with Crippen LogP contribution in [-0.2, 0) is 6.54 Å². The molecule has 1 amide bonds. The second-order valence-corrected chi connectivity index (χ2v) is 7.18. The summed E-state index contributed by atoms with van der Waals surface area (Å²) in [7, 11) is 0. The Morgan fingerprint density at radius 2 is 2.15 bits per heavy atom. The van der Waals surface area contributed by atoms with Crippen molar-refractivity contribution in [3.05, 3.63) is 53.4 Å². The molecule has 0 radical (unpaired) electrons. The average Bonchev–Trinajstić information content (AvgIpc) is 3.37. The summed E-state index contributed by atoms with van der Waals surface area (Å²) < 4.78 is 7.38. The van der Waals surface area contributed by atoms with E-state index in [0.29, 0.717) is 22.9 Å². The molecular weight excluding hydrogens is 342 g/mol. The second-order valence-electron chi connectivity index (χ2n) is 7.18. The number of nitrogens with zero attached hydrogens (tertiary/aromatic N) is 5. The van der Waals surface area contributed by atoms with Gasteiger partial charge < -0.3 is 14.0 Å². The number of hydrogen-bond donors (Lipinski definition) is 0. The van der Waals surface area contributed by atoms with Crippen molar-refractivity contribution in [3.8, 4) is 11.4 Å². The fraction of sp³-hybridized carbons (Fsp3) is 0.400. The van der Waals surface area contributed by atoms with Gasteiger partial charge in [0.05, 0.1) is 5.69 Å². The first kappa shape index (κ1) is 17.5. The molecule has 0 bridgehead atoms. The molecule has 1 aliphatic rings.